The van der Waals surface area contributed by atoms with Gasteiger partial charge in [0.05, 0.1) is 7.11 Å². The largest absolute Gasteiger partial charge is 0.469 e. The first-order valence-corrected chi connectivity index (χ1v) is 7.59. The molecule has 1 N–H and O–H groups in total. The quantitative estimate of drug-likeness (QED) is 0.491. The van der Waals surface area contributed by atoms with Gasteiger partial charge >= 0.3 is 5.97 Å². The molecule has 0 amide bonds. The molecule has 0 aromatic heterocycles. The van der Waals surface area contributed by atoms with Crippen molar-refractivity contribution in [2.45, 2.75) is 45.0 Å². The lowest BCUT2D eigenvalue weighted by molar-refractivity contribution is -0.374. The van der Waals surface area contributed by atoms with Crippen molar-refractivity contribution < 1.29 is 29.2 Å². The van der Waals surface area contributed by atoms with Gasteiger partial charge in [0.15, 0.2) is 5.78 Å². The van der Waals surface area contributed by atoms with Crippen LogP contribution in [0.1, 0.15) is 42.1 Å². The number of benzene rings is 1. The Labute approximate surface area is 135 Å². The highest BCUT2D eigenvalue weighted by atomic mass is 17.2. The second-order valence-corrected chi connectivity index (χ2v) is 5.95. The minimum atomic E-state index is -1.72. The molecule has 126 valence electrons. The zero-order valence-corrected chi connectivity index (χ0v) is 13.6. The Bertz CT molecular complexity index is 563. The molecule has 2 rings (SSSR count). The Morgan fingerprint density at radius 3 is 2.57 bits per heavy atom. The summed E-state index contributed by atoms with van der Waals surface area (Å²) in [5.74, 6) is -3.21. The van der Waals surface area contributed by atoms with E-state index in [9.17, 15) is 14.7 Å². The molecule has 1 fully saturated rings. The molecule has 0 saturated carbocycles. The van der Waals surface area contributed by atoms with E-state index in [2.05, 4.69) is 4.74 Å². The highest BCUT2D eigenvalue weighted by Crippen LogP contribution is 2.35. The molecule has 0 aliphatic carbocycles. The SMILES string of the molecule is COC(=O)C1C(CCCC(=O)c2ccc(C)cc2)OOC1(C)O. The van der Waals surface area contributed by atoms with E-state index >= 15 is 0 Å². The number of hydrogen-bond acceptors (Lipinski definition) is 6. The van der Waals surface area contributed by atoms with E-state index in [1.807, 2.05) is 19.1 Å². The van der Waals surface area contributed by atoms with Gasteiger partial charge in [-0.05, 0) is 26.7 Å². The lowest BCUT2D eigenvalue weighted by Gasteiger charge is -2.21. The van der Waals surface area contributed by atoms with Gasteiger partial charge in [-0.25, -0.2) is 9.78 Å². The van der Waals surface area contributed by atoms with E-state index in [-0.39, 0.29) is 5.78 Å². The highest BCUT2D eigenvalue weighted by Gasteiger charge is 2.52. The molecular formula is C17H22O6. The average molecular weight is 322 g/mol. The van der Waals surface area contributed by atoms with Crippen molar-refractivity contribution in [2.75, 3.05) is 7.11 Å². The Kier molecular flexibility index (Phi) is 5.51. The maximum Gasteiger partial charge on any atom is 0.317 e. The van der Waals surface area contributed by atoms with Crippen molar-refractivity contribution in [3.63, 3.8) is 0 Å². The molecule has 1 saturated heterocycles. The molecule has 23 heavy (non-hydrogen) atoms. The molecule has 3 unspecified atom stereocenters. The Morgan fingerprint density at radius 1 is 1.30 bits per heavy atom. The van der Waals surface area contributed by atoms with E-state index in [1.165, 1.54) is 14.0 Å². The first-order valence-electron chi connectivity index (χ1n) is 7.59. The van der Waals surface area contributed by atoms with Crippen LogP contribution in [0.3, 0.4) is 0 Å². The number of Topliss-reactive ketones (excluding diaryl/α,β-unsaturated/α-hetero) is 1. The predicted octanol–water partition coefficient (Wildman–Crippen LogP) is 2.18. The van der Waals surface area contributed by atoms with Crippen LogP contribution in [-0.4, -0.2) is 35.9 Å². The van der Waals surface area contributed by atoms with Crippen LogP contribution in [0.15, 0.2) is 24.3 Å². The fourth-order valence-electron chi connectivity index (χ4n) is 2.67. The van der Waals surface area contributed by atoms with Crippen LogP contribution in [0, 0.1) is 12.8 Å². The molecule has 1 heterocycles. The van der Waals surface area contributed by atoms with E-state index < -0.39 is 23.8 Å². The Morgan fingerprint density at radius 2 is 1.96 bits per heavy atom. The second kappa shape index (κ2) is 7.21. The summed E-state index contributed by atoms with van der Waals surface area (Å²) < 4.78 is 4.68. The zero-order chi connectivity index (χ0) is 17.0. The van der Waals surface area contributed by atoms with Crippen molar-refractivity contribution in [3.8, 4) is 0 Å². The van der Waals surface area contributed by atoms with Crippen LogP contribution in [0.25, 0.3) is 0 Å². The summed E-state index contributed by atoms with van der Waals surface area (Å²) in [6, 6.07) is 7.39. The summed E-state index contributed by atoms with van der Waals surface area (Å²) in [6.45, 7) is 3.32. The number of rotatable bonds is 6. The summed E-state index contributed by atoms with van der Waals surface area (Å²) in [4.78, 5) is 33.8. The number of methoxy groups -OCH3 is 1. The Hall–Kier alpha value is -1.76. The van der Waals surface area contributed by atoms with Crippen molar-refractivity contribution in [2.24, 2.45) is 5.92 Å². The van der Waals surface area contributed by atoms with Crippen LogP contribution in [0.4, 0.5) is 0 Å². The third kappa shape index (κ3) is 4.16. The number of carbonyl (C=O) groups excluding carboxylic acids is 2. The van der Waals surface area contributed by atoms with Crippen molar-refractivity contribution in [1.29, 1.82) is 0 Å². The smallest absolute Gasteiger partial charge is 0.317 e. The second-order valence-electron chi connectivity index (χ2n) is 5.95. The molecule has 1 aliphatic rings. The number of carbonyl (C=O) groups is 2. The molecule has 0 radical (unpaired) electrons. The molecular weight excluding hydrogens is 300 g/mol. The fraction of sp³-hybridized carbons (Fsp3) is 0.529. The van der Waals surface area contributed by atoms with E-state index in [0.29, 0.717) is 24.8 Å². The molecule has 1 aliphatic heterocycles. The standard InChI is InChI=1S/C17H22O6/c1-11-7-9-12(10-8-11)13(18)5-4-6-14-15(16(19)21-3)17(2,20)23-22-14/h7-10,14-15,20H,4-6H2,1-3H3. The topological polar surface area (TPSA) is 82.1 Å². The monoisotopic (exact) mass is 322 g/mol. The van der Waals surface area contributed by atoms with Gasteiger partial charge in [-0.1, -0.05) is 29.8 Å². The van der Waals surface area contributed by atoms with Crippen molar-refractivity contribution in [3.05, 3.63) is 35.4 Å². The van der Waals surface area contributed by atoms with Crippen LogP contribution < -0.4 is 0 Å². The molecule has 1 aromatic carbocycles. The van der Waals surface area contributed by atoms with Gasteiger partial charge in [-0.2, -0.15) is 0 Å². The lowest BCUT2D eigenvalue weighted by atomic mass is 9.90. The molecule has 0 spiro atoms. The first kappa shape index (κ1) is 17.6. The summed E-state index contributed by atoms with van der Waals surface area (Å²) in [7, 11) is 1.24. The summed E-state index contributed by atoms with van der Waals surface area (Å²) in [5.41, 5.74) is 1.76. The van der Waals surface area contributed by atoms with Crippen LogP contribution in [0.2, 0.25) is 0 Å². The normalized spacial score (nSPS) is 27.0. The van der Waals surface area contributed by atoms with Crippen LogP contribution in [-0.2, 0) is 19.3 Å². The molecule has 0 bridgehead atoms. The summed E-state index contributed by atoms with van der Waals surface area (Å²) >= 11 is 0. The molecule has 6 heteroatoms. The zero-order valence-electron chi connectivity index (χ0n) is 13.6. The van der Waals surface area contributed by atoms with E-state index in [4.69, 9.17) is 9.78 Å². The number of aliphatic hydroxyl groups is 1. The first-order chi connectivity index (χ1) is 10.8. The van der Waals surface area contributed by atoms with Gasteiger partial charge in [0.25, 0.3) is 0 Å². The van der Waals surface area contributed by atoms with Crippen molar-refractivity contribution >= 4 is 11.8 Å². The molecule has 6 nitrogen and oxygen atoms in total. The number of ketones is 1. The third-order valence-corrected chi connectivity index (χ3v) is 4.01. The van der Waals surface area contributed by atoms with Crippen molar-refractivity contribution in [1.82, 2.24) is 0 Å². The van der Waals surface area contributed by atoms with Gasteiger partial charge in [-0.15, -0.1) is 0 Å². The minimum absolute atomic E-state index is 0.0327. The predicted molar refractivity (Wildman–Crippen MR) is 81.4 cm³/mol. The van der Waals surface area contributed by atoms with E-state index in [1.54, 1.807) is 12.1 Å². The number of aryl methyl sites for hydroxylation is 1. The Balaban J connectivity index is 1.89. The summed E-state index contributed by atoms with van der Waals surface area (Å²) in [5, 5.41) is 10.0. The van der Waals surface area contributed by atoms with Gasteiger partial charge in [0, 0.05) is 12.0 Å². The van der Waals surface area contributed by atoms with E-state index in [0.717, 1.165) is 5.56 Å². The van der Waals surface area contributed by atoms with Crippen LogP contribution >= 0.6 is 0 Å². The number of ether oxygens (including phenoxy) is 1. The minimum Gasteiger partial charge on any atom is -0.469 e. The van der Waals surface area contributed by atoms with Gasteiger partial charge in [0.2, 0.25) is 5.79 Å². The van der Waals surface area contributed by atoms with Gasteiger partial charge in [-0.3, -0.25) is 9.59 Å². The maximum absolute atomic E-state index is 12.1. The highest BCUT2D eigenvalue weighted by molar-refractivity contribution is 5.96. The maximum atomic E-state index is 12.1. The average Bonchev–Trinajstić information content (AvgIpc) is 2.82. The number of esters is 1. The fourth-order valence-corrected chi connectivity index (χ4v) is 2.67. The lowest BCUT2D eigenvalue weighted by Crippen LogP contribution is -2.41. The van der Waals surface area contributed by atoms with Gasteiger partial charge < -0.3 is 9.84 Å². The molecule has 3 atom stereocenters. The number of hydrogen-bond donors (Lipinski definition) is 1. The third-order valence-electron chi connectivity index (χ3n) is 4.01. The van der Waals surface area contributed by atoms with Gasteiger partial charge in [0.1, 0.15) is 12.0 Å². The summed E-state index contributed by atoms with van der Waals surface area (Å²) in [6.07, 6.45) is 0.625. The van der Waals surface area contributed by atoms with Crippen LogP contribution in [0.5, 0.6) is 0 Å². The molecule has 1 aromatic rings.